The Morgan fingerprint density at radius 1 is 1.11 bits per heavy atom. The predicted molar refractivity (Wildman–Crippen MR) is 111 cm³/mol. The molecule has 3 rings (SSSR count). The van der Waals surface area contributed by atoms with Crippen LogP contribution in [0.5, 0.6) is 0 Å². The number of amides is 2. The maximum Gasteiger partial charge on any atom is 0.289 e. The van der Waals surface area contributed by atoms with Gasteiger partial charge in [0.25, 0.3) is 11.8 Å². The molecule has 0 atom stereocenters. The molecule has 28 heavy (non-hydrogen) atoms. The molecule has 146 valence electrons. The molecule has 0 spiro atoms. The first-order valence-corrected chi connectivity index (χ1v) is 9.68. The molecule has 3 aromatic rings. The van der Waals surface area contributed by atoms with Crippen LogP contribution in [-0.4, -0.2) is 39.7 Å². The van der Waals surface area contributed by atoms with Crippen LogP contribution >= 0.6 is 0 Å². The standard InChI is InChI=1S/C22H26N4O2/c1-4-6-14-25(3)22(28)20-24-19(18-9-7-8-15-26(18)20)21(27)23-17-12-10-16(5-2)11-13-17/h7-13,15H,4-6,14H2,1-3H3,(H,23,27). The first kappa shape index (κ1) is 19.6. The summed E-state index contributed by atoms with van der Waals surface area (Å²) in [7, 11) is 1.76. The molecule has 0 saturated carbocycles. The maximum atomic E-state index is 12.8. The summed E-state index contributed by atoms with van der Waals surface area (Å²) in [5.74, 6) is -0.273. The molecule has 0 bridgehead atoms. The number of rotatable bonds is 7. The molecule has 6 heteroatoms. The van der Waals surface area contributed by atoms with Crippen molar-refractivity contribution in [3.05, 3.63) is 65.7 Å². The third-order valence-electron chi connectivity index (χ3n) is 4.77. The molecule has 0 aliphatic carbocycles. The molecule has 0 unspecified atom stereocenters. The number of aryl methyl sites for hydroxylation is 1. The van der Waals surface area contributed by atoms with Gasteiger partial charge in [0.2, 0.25) is 5.82 Å². The Morgan fingerprint density at radius 3 is 2.54 bits per heavy atom. The Bertz CT molecular complexity index is 976. The highest BCUT2D eigenvalue weighted by Gasteiger charge is 2.23. The minimum atomic E-state index is -0.330. The summed E-state index contributed by atoms with van der Waals surface area (Å²) in [5.41, 5.74) is 2.76. The smallest absolute Gasteiger partial charge is 0.289 e. The average Bonchev–Trinajstić information content (AvgIpc) is 3.11. The Labute approximate surface area is 165 Å². The number of imidazole rings is 1. The van der Waals surface area contributed by atoms with Crippen LogP contribution in [0.25, 0.3) is 5.52 Å². The number of anilines is 1. The van der Waals surface area contributed by atoms with E-state index in [0.717, 1.165) is 19.3 Å². The molecule has 6 nitrogen and oxygen atoms in total. The molecule has 0 radical (unpaired) electrons. The van der Waals surface area contributed by atoms with Gasteiger partial charge >= 0.3 is 0 Å². The summed E-state index contributed by atoms with van der Waals surface area (Å²) in [6.07, 6.45) is 4.63. The molecular formula is C22H26N4O2. The zero-order valence-electron chi connectivity index (χ0n) is 16.6. The molecular weight excluding hydrogens is 352 g/mol. The lowest BCUT2D eigenvalue weighted by Crippen LogP contribution is -2.29. The topological polar surface area (TPSA) is 66.7 Å². The van der Waals surface area contributed by atoms with Crippen molar-refractivity contribution < 1.29 is 9.59 Å². The lowest BCUT2D eigenvalue weighted by atomic mass is 10.1. The zero-order chi connectivity index (χ0) is 20.1. The summed E-state index contributed by atoms with van der Waals surface area (Å²) >= 11 is 0. The third-order valence-corrected chi connectivity index (χ3v) is 4.77. The first-order chi connectivity index (χ1) is 13.5. The van der Waals surface area contributed by atoms with Crippen LogP contribution < -0.4 is 5.32 Å². The molecule has 0 fully saturated rings. The van der Waals surface area contributed by atoms with E-state index in [1.807, 2.05) is 36.4 Å². The Hall–Kier alpha value is -3.15. The van der Waals surface area contributed by atoms with E-state index in [2.05, 4.69) is 24.1 Å². The predicted octanol–water partition coefficient (Wildman–Crippen LogP) is 4.02. The second-order valence-electron chi connectivity index (χ2n) is 6.82. The van der Waals surface area contributed by atoms with E-state index >= 15 is 0 Å². The molecule has 1 aromatic carbocycles. The number of unbranched alkanes of at least 4 members (excludes halogenated alkanes) is 1. The minimum Gasteiger partial charge on any atom is -0.339 e. The summed E-state index contributed by atoms with van der Waals surface area (Å²) in [6.45, 7) is 4.82. The molecule has 1 N–H and O–H groups in total. The van der Waals surface area contributed by atoms with Crippen molar-refractivity contribution in [3.63, 3.8) is 0 Å². The van der Waals surface area contributed by atoms with Crippen LogP contribution in [0.2, 0.25) is 0 Å². The molecule has 0 aliphatic rings. The second-order valence-corrected chi connectivity index (χ2v) is 6.82. The van der Waals surface area contributed by atoms with Gasteiger partial charge < -0.3 is 10.2 Å². The van der Waals surface area contributed by atoms with Gasteiger partial charge in [-0.05, 0) is 42.7 Å². The van der Waals surface area contributed by atoms with E-state index < -0.39 is 0 Å². The van der Waals surface area contributed by atoms with E-state index in [1.54, 1.807) is 28.6 Å². The van der Waals surface area contributed by atoms with Crippen molar-refractivity contribution in [2.45, 2.75) is 33.1 Å². The van der Waals surface area contributed by atoms with Crippen molar-refractivity contribution in [2.24, 2.45) is 0 Å². The van der Waals surface area contributed by atoms with E-state index in [9.17, 15) is 9.59 Å². The SMILES string of the molecule is CCCCN(C)C(=O)c1nc(C(=O)Nc2ccc(CC)cc2)c2ccccn12. The van der Waals surface area contributed by atoms with Crippen LogP contribution in [0.3, 0.4) is 0 Å². The summed E-state index contributed by atoms with van der Waals surface area (Å²) in [6, 6.07) is 13.2. The quantitative estimate of drug-likeness (QED) is 0.675. The maximum absolute atomic E-state index is 12.8. The van der Waals surface area contributed by atoms with Crippen molar-refractivity contribution >= 4 is 23.0 Å². The number of nitrogens with zero attached hydrogens (tertiary/aromatic N) is 3. The highest BCUT2D eigenvalue weighted by molar-refractivity contribution is 6.08. The first-order valence-electron chi connectivity index (χ1n) is 9.68. The van der Waals surface area contributed by atoms with Gasteiger partial charge in [-0.3, -0.25) is 14.0 Å². The monoisotopic (exact) mass is 378 g/mol. The average molecular weight is 378 g/mol. The molecule has 2 amide bonds. The van der Waals surface area contributed by atoms with Gasteiger partial charge in [0.1, 0.15) is 0 Å². The number of carbonyl (C=O) groups is 2. The lowest BCUT2D eigenvalue weighted by molar-refractivity contribution is 0.0780. The van der Waals surface area contributed by atoms with Gasteiger partial charge in [-0.2, -0.15) is 0 Å². The van der Waals surface area contributed by atoms with E-state index in [1.165, 1.54) is 5.56 Å². The number of fused-ring (bicyclic) bond motifs is 1. The molecule has 2 aromatic heterocycles. The van der Waals surface area contributed by atoms with Crippen molar-refractivity contribution in [1.29, 1.82) is 0 Å². The van der Waals surface area contributed by atoms with Crippen molar-refractivity contribution in [2.75, 3.05) is 18.9 Å². The van der Waals surface area contributed by atoms with Crippen LogP contribution in [0.1, 0.15) is 53.4 Å². The largest absolute Gasteiger partial charge is 0.339 e. The second kappa shape index (κ2) is 8.69. The Morgan fingerprint density at radius 2 is 1.86 bits per heavy atom. The zero-order valence-corrected chi connectivity index (χ0v) is 16.6. The van der Waals surface area contributed by atoms with E-state index in [-0.39, 0.29) is 23.3 Å². The highest BCUT2D eigenvalue weighted by atomic mass is 16.2. The number of benzene rings is 1. The van der Waals surface area contributed by atoms with Crippen LogP contribution in [0.15, 0.2) is 48.7 Å². The van der Waals surface area contributed by atoms with Crippen LogP contribution in [0, 0.1) is 0 Å². The van der Waals surface area contributed by atoms with Gasteiger partial charge in [-0.25, -0.2) is 4.98 Å². The van der Waals surface area contributed by atoms with Crippen molar-refractivity contribution in [1.82, 2.24) is 14.3 Å². The number of aromatic nitrogens is 2. The van der Waals surface area contributed by atoms with Gasteiger partial charge in [0, 0.05) is 25.5 Å². The van der Waals surface area contributed by atoms with Gasteiger partial charge in [-0.1, -0.05) is 38.5 Å². The fourth-order valence-electron chi connectivity index (χ4n) is 3.04. The summed E-state index contributed by atoms with van der Waals surface area (Å²) in [4.78, 5) is 31.7. The van der Waals surface area contributed by atoms with Gasteiger partial charge in [0.15, 0.2) is 5.69 Å². The van der Waals surface area contributed by atoms with Crippen LogP contribution in [0.4, 0.5) is 5.69 Å². The Balaban J connectivity index is 1.90. The Kier molecular flexibility index (Phi) is 6.09. The number of hydrogen-bond donors (Lipinski definition) is 1. The summed E-state index contributed by atoms with van der Waals surface area (Å²) < 4.78 is 1.68. The van der Waals surface area contributed by atoms with Gasteiger partial charge in [-0.15, -0.1) is 0 Å². The lowest BCUT2D eigenvalue weighted by Gasteiger charge is -2.15. The van der Waals surface area contributed by atoms with Gasteiger partial charge in [0.05, 0.1) is 5.52 Å². The number of nitrogens with one attached hydrogen (secondary N) is 1. The molecule has 0 aliphatic heterocycles. The fourth-order valence-corrected chi connectivity index (χ4v) is 3.04. The normalized spacial score (nSPS) is 10.8. The minimum absolute atomic E-state index is 0.194. The van der Waals surface area contributed by atoms with Crippen molar-refractivity contribution in [3.8, 4) is 0 Å². The van der Waals surface area contributed by atoms with E-state index in [4.69, 9.17) is 0 Å². The number of hydrogen-bond acceptors (Lipinski definition) is 3. The van der Waals surface area contributed by atoms with E-state index in [0.29, 0.717) is 17.7 Å². The number of carbonyl (C=O) groups excluding carboxylic acids is 2. The fraction of sp³-hybridized carbons (Fsp3) is 0.318. The third kappa shape index (κ3) is 4.06. The number of pyridine rings is 1. The molecule has 2 heterocycles. The highest BCUT2D eigenvalue weighted by Crippen LogP contribution is 2.17. The van der Waals surface area contributed by atoms with Crippen LogP contribution in [-0.2, 0) is 6.42 Å². The molecule has 0 saturated heterocycles. The summed E-state index contributed by atoms with van der Waals surface area (Å²) in [5, 5.41) is 2.88.